The van der Waals surface area contributed by atoms with Crippen molar-refractivity contribution >= 4 is 5.78 Å². The van der Waals surface area contributed by atoms with Crippen molar-refractivity contribution in [2.75, 3.05) is 0 Å². The van der Waals surface area contributed by atoms with Crippen molar-refractivity contribution in [1.29, 1.82) is 0 Å². The van der Waals surface area contributed by atoms with Crippen molar-refractivity contribution < 1.29 is 4.79 Å². The zero-order valence-corrected chi connectivity index (χ0v) is 9.88. The van der Waals surface area contributed by atoms with Crippen LogP contribution in [0.4, 0.5) is 0 Å². The second kappa shape index (κ2) is 3.44. The zero-order valence-electron chi connectivity index (χ0n) is 9.88. The van der Waals surface area contributed by atoms with Crippen LogP contribution in [-0.2, 0) is 6.42 Å². The van der Waals surface area contributed by atoms with Crippen LogP contribution < -0.4 is 0 Å². The van der Waals surface area contributed by atoms with Crippen molar-refractivity contribution in [1.82, 2.24) is 0 Å². The van der Waals surface area contributed by atoms with E-state index in [9.17, 15) is 4.79 Å². The van der Waals surface area contributed by atoms with Gasteiger partial charge in [0.05, 0.1) is 0 Å². The molecule has 0 atom stereocenters. The van der Waals surface area contributed by atoms with Gasteiger partial charge in [0.25, 0.3) is 0 Å². The molecule has 0 aliphatic heterocycles. The van der Waals surface area contributed by atoms with Crippen molar-refractivity contribution in [3.05, 3.63) is 34.9 Å². The van der Waals surface area contributed by atoms with Gasteiger partial charge < -0.3 is 0 Å². The first-order valence-electron chi connectivity index (χ1n) is 6.36. The minimum Gasteiger partial charge on any atom is -0.294 e. The van der Waals surface area contributed by atoms with E-state index in [1.807, 2.05) is 0 Å². The first-order valence-corrected chi connectivity index (χ1v) is 6.36. The molecule has 1 nitrogen and oxygen atoms in total. The molecule has 1 saturated carbocycles. The molecule has 3 rings (SSSR count). The lowest BCUT2D eigenvalue weighted by Crippen LogP contribution is -2.33. The largest absolute Gasteiger partial charge is 0.294 e. The number of carbonyl (C=O) groups is 1. The average molecular weight is 214 g/mol. The molecule has 2 aliphatic rings. The molecular formula is C15H18O. The highest BCUT2D eigenvalue weighted by molar-refractivity contribution is 6.03. The second-order valence-corrected chi connectivity index (χ2v) is 5.48. The highest BCUT2D eigenvalue weighted by atomic mass is 16.1. The molecule has 0 aromatic heterocycles. The van der Waals surface area contributed by atoms with Crippen molar-refractivity contribution in [3.8, 4) is 0 Å². The highest BCUT2D eigenvalue weighted by Crippen LogP contribution is 2.47. The number of hydrogen-bond acceptors (Lipinski definition) is 1. The fourth-order valence-electron chi connectivity index (χ4n) is 3.42. The Balaban J connectivity index is 2.07. The van der Waals surface area contributed by atoms with Crippen LogP contribution in [0.25, 0.3) is 0 Å². The van der Waals surface area contributed by atoms with Gasteiger partial charge in [0.2, 0.25) is 0 Å². The van der Waals surface area contributed by atoms with Crippen LogP contribution in [0.5, 0.6) is 0 Å². The summed E-state index contributed by atoms with van der Waals surface area (Å²) in [7, 11) is 0. The monoisotopic (exact) mass is 214 g/mol. The maximum atomic E-state index is 12.6. The Morgan fingerprint density at radius 3 is 2.62 bits per heavy atom. The third-order valence-corrected chi connectivity index (χ3v) is 4.43. The first kappa shape index (κ1) is 10.1. The third-order valence-electron chi connectivity index (χ3n) is 4.43. The molecular weight excluding hydrogens is 196 g/mol. The Labute approximate surface area is 96.9 Å². The number of ketones is 1. The Morgan fingerprint density at radius 2 is 1.88 bits per heavy atom. The summed E-state index contributed by atoms with van der Waals surface area (Å²) in [6.45, 7) is 2.07. The molecule has 1 aromatic carbocycles. The molecule has 2 aliphatic carbocycles. The molecule has 84 valence electrons. The van der Waals surface area contributed by atoms with Gasteiger partial charge in [-0.15, -0.1) is 0 Å². The molecule has 0 saturated heterocycles. The van der Waals surface area contributed by atoms with Crippen molar-refractivity contribution in [3.63, 3.8) is 0 Å². The molecule has 0 amide bonds. The van der Waals surface area contributed by atoms with Crippen LogP contribution in [0.1, 0.15) is 53.6 Å². The Morgan fingerprint density at radius 1 is 1.12 bits per heavy atom. The maximum absolute atomic E-state index is 12.6. The van der Waals surface area contributed by atoms with Gasteiger partial charge in [-0.2, -0.15) is 0 Å². The predicted octanol–water partition coefficient (Wildman–Crippen LogP) is 3.68. The fraction of sp³-hybridized carbons (Fsp3) is 0.533. The van der Waals surface area contributed by atoms with Gasteiger partial charge in [-0.25, -0.2) is 0 Å². The Kier molecular flexibility index (Phi) is 2.17. The standard InChI is InChI=1S/C15H18O/c1-11-4-5-12-6-9-15(7-2-3-8-15)14(16)13(12)10-11/h4-5,10H,2-3,6-9H2,1H3. The summed E-state index contributed by atoms with van der Waals surface area (Å²) in [6.07, 6.45) is 6.92. The number of carbonyl (C=O) groups excluding carboxylic acids is 1. The van der Waals surface area contributed by atoms with Crippen LogP contribution >= 0.6 is 0 Å². The lowest BCUT2D eigenvalue weighted by molar-refractivity contribution is 0.0765. The number of aryl methyl sites for hydroxylation is 2. The van der Waals surface area contributed by atoms with Gasteiger partial charge in [-0.05, 0) is 44.2 Å². The summed E-state index contributed by atoms with van der Waals surface area (Å²) in [5.74, 6) is 0.440. The van der Waals surface area contributed by atoms with Crippen LogP contribution in [-0.4, -0.2) is 5.78 Å². The van der Waals surface area contributed by atoms with Gasteiger partial charge in [0.1, 0.15) is 0 Å². The molecule has 0 unspecified atom stereocenters. The van der Waals surface area contributed by atoms with Crippen LogP contribution in [0.2, 0.25) is 0 Å². The SMILES string of the molecule is Cc1ccc2c(c1)C(=O)C1(CCCC1)CC2. The van der Waals surface area contributed by atoms with E-state index in [2.05, 4.69) is 25.1 Å². The molecule has 1 heteroatoms. The maximum Gasteiger partial charge on any atom is 0.169 e. The predicted molar refractivity (Wildman–Crippen MR) is 64.7 cm³/mol. The summed E-state index contributed by atoms with van der Waals surface area (Å²) in [4.78, 5) is 12.6. The quantitative estimate of drug-likeness (QED) is 0.643. The number of benzene rings is 1. The van der Waals surface area contributed by atoms with E-state index in [4.69, 9.17) is 0 Å². The van der Waals surface area contributed by atoms with E-state index in [0.717, 1.165) is 31.2 Å². The van der Waals surface area contributed by atoms with Crippen molar-refractivity contribution in [2.24, 2.45) is 5.41 Å². The molecule has 0 bridgehead atoms. The third kappa shape index (κ3) is 1.34. The fourth-order valence-corrected chi connectivity index (χ4v) is 3.42. The van der Waals surface area contributed by atoms with Gasteiger partial charge >= 0.3 is 0 Å². The van der Waals surface area contributed by atoms with Crippen LogP contribution in [0.15, 0.2) is 18.2 Å². The number of Topliss-reactive ketones (excluding diaryl/α,β-unsaturated/α-hetero) is 1. The average Bonchev–Trinajstić information content (AvgIpc) is 2.75. The Hall–Kier alpha value is -1.11. The van der Waals surface area contributed by atoms with Crippen LogP contribution in [0, 0.1) is 12.3 Å². The smallest absolute Gasteiger partial charge is 0.169 e. The Bertz CT molecular complexity index is 439. The number of rotatable bonds is 0. The van der Waals surface area contributed by atoms with Gasteiger partial charge in [-0.1, -0.05) is 30.5 Å². The molecule has 0 N–H and O–H groups in total. The van der Waals surface area contributed by atoms with Gasteiger partial charge in [0.15, 0.2) is 5.78 Å². The minimum atomic E-state index is 0.0286. The highest BCUT2D eigenvalue weighted by Gasteiger charge is 2.43. The first-order chi connectivity index (χ1) is 7.71. The lowest BCUT2D eigenvalue weighted by Gasteiger charge is -2.33. The summed E-state index contributed by atoms with van der Waals surface area (Å²) in [5.41, 5.74) is 3.53. The molecule has 1 aromatic rings. The van der Waals surface area contributed by atoms with Crippen molar-refractivity contribution in [2.45, 2.75) is 45.4 Å². The second-order valence-electron chi connectivity index (χ2n) is 5.48. The normalized spacial score (nSPS) is 22.4. The molecule has 0 radical (unpaired) electrons. The van der Waals surface area contributed by atoms with Gasteiger partial charge in [0, 0.05) is 11.0 Å². The topological polar surface area (TPSA) is 17.1 Å². The van der Waals surface area contributed by atoms with Crippen LogP contribution in [0.3, 0.4) is 0 Å². The van der Waals surface area contributed by atoms with E-state index in [1.54, 1.807) is 0 Å². The van der Waals surface area contributed by atoms with E-state index < -0.39 is 0 Å². The van der Waals surface area contributed by atoms with E-state index in [1.165, 1.54) is 24.0 Å². The summed E-state index contributed by atoms with van der Waals surface area (Å²) in [5, 5.41) is 0. The minimum absolute atomic E-state index is 0.0286. The number of fused-ring (bicyclic) bond motifs is 1. The summed E-state index contributed by atoms with van der Waals surface area (Å²) >= 11 is 0. The molecule has 0 heterocycles. The number of hydrogen-bond donors (Lipinski definition) is 0. The van der Waals surface area contributed by atoms with Gasteiger partial charge in [-0.3, -0.25) is 4.79 Å². The van der Waals surface area contributed by atoms with E-state index >= 15 is 0 Å². The summed E-state index contributed by atoms with van der Waals surface area (Å²) in [6, 6.07) is 6.36. The van der Waals surface area contributed by atoms with E-state index in [-0.39, 0.29) is 5.41 Å². The zero-order chi connectivity index (χ0) is 11.2. The molecule has 1 fully saturated rings. The lowest BCUT2D eigenvalue weighted by atomic mass is 9.69. The summed E-state index contributed by atoms with van der Waals surface area (Å²) < 4.78 is 0. The molecule has 1 spiro atoms. The molecule has 16 heavy (non-hydrogen) atoms. The van der Waals surface area contributed by atoms with E-state index in [0.29, 0.717) is 5.78 Å².